The minimum absolute atomic E-state index is 0.242. The maximum atomic E-state index is 13.0. The maximum absolute atomic E-state index is 13.0. The van der Waals surface area contributed by atoms with E-state index in [-0.39, 0.29) is 5.91 Å². The molecule has 0 atom stereocenters. The molecule has 0 saturated carbocycles. The standard InChI is InChI=1S/C23H21BrN2O4/c1-29-23(28)19-14-15(8-9-21(19)26-10-12-30-13-11-26)25-22(27)18-6-2-5-17-16(18)4-3-7-20(17)24/h2-9,14H,10-13H2,1H3,(H,25,27). The fourth-order valence-electron chi connectivity index (χ4n) is 3.64. The number of amides is 1. The predicted molar refractivity (Wildman–Crippen MR) is 120 cm³/mol. The Balaban J connectivity index is 1.66. The van der Waals surface area contributed by atoms with Gasteiger partial charge < -0.3 is 19.7 Å². The molecule has 1 amide bonds. The van der Waals surface area contributed by atoms with Crippen molar-refractivity contribution in [1.82, 2.24) is 0 Å². The number of nitrogens with one attached hydrogen (secondary N) is 1. The first-order valence-electron chi connectivity index (χ1n) is 9.62. The van der Waals surface area contributed by atoms with Crippen LogP contribution in [0, 0.1) is 0 Å². The number of nitrogens with zero attached hydrogens (tertiary/aromatic N) is 1. The van der Waals surface area contributed by atoms with Crippen LogP contribution in [0.2, 0.25) is 0 Å². The zero-order chi connectivity index (χ0) is 21.1. The van der Waals surface area contributed by atoms with Gasteiger partial charge in [0.1, 0.15) is 0 Å². The van der Waals surface area contributed by atoms with Crippen LogP contribution in [0.5, 0.6) is 0 Å². The molecule has 4 rings (SSSR count). The number of methoxy groups -OCH3 is 1. The van der Waals surface area contributed by atoms with Crippen molar-refractivity contribution < 1.29 is 19.1 Å². The third-order valence-electron chi connectivity index (χ3n) is 5.12. The van der Waals surface area contributed by atoms with Gasteiger partial charge >= 0.3 is 5.97 Å². The van der Waals surface area contributed by atoms with Crippen molar-refractivity contribution in [1.29, 1.82) is 0 Å². The zero-order valence-electron chi connectivity index (χ0n) is 16.5. The summed E-state index contributed by atoms with van der Waals surface area (Å²) in [7, 11) is 1.35. The first-order valence-corrected chi connectivity index (χ1v) is 10.4. The summed E-state index contributed by atoms with van der Waals surface area (Å²) in [6.45, 7) is 2.60. The minimum Gasteiger partial charge on any atom is -0.465 e. The molecule has 154 valence electrons. The molecule has 1 saturated heterocycles. The number of fused-ring (bicyclic) bond motifs is 1. The second-order valence-electron chi connectivity index (χ2n) is 6.92. The molecule has 3 aromatic carbocycles. The van der Waals surface area contributed by atoms with E-state index in [4.69, 9.17) is 9.47 Å². The van der Waals surface area contributed by atoms with Gasteiger partial charge in [-0.05, 0) is 41.1 Å². The van der Waals surface area contributed by atoms with Gasteiger partial charge in [0.05, 0.1) is 31.6 Å². The lowest BCUT2D eigenvalue weighted by atomic mass is 10.0. The lowest BCUT2D eigenvalue weighted by Gasteiger charge is -2.30. The van der Waals surface area contributed by atoms with Crippen molar-refractivity contribution in [2.75, 3.05) is 43.6 Å². The monoisotopic (exact) mass is 468 g/mol. The quantitative estimate of drug-likeness (QED) is 0.571. The summed E-state index contributed by atoms with van der Waals surface area (Å²) in [5.74, 6) is -0.685. The van der Waals surface area contributed by atoms with Crippen molar-refractivity contribution in [2.24, 2.45) is 0 Å². The number of halogens is 1. The highest BCUT2D eigenvalue weighted by Crippen LogP contribution is 2.29. The van der Waals surface area contributed by atoms with Gasteiger partial charge in [0, 0.05) is 28.8 Å². The van der Waals surface area contributed by atoms with Crippen LogP contribution in [0.25, 0.3) is 10.8 Å². The molecule has 3 aromatic rings. The van der Waals surface area contributed by atoms with Gasteiger partial charge in [-0.25, -0.2) is 4.79 Å². The number of hydrogen-bond donors (Lipinski definition) is 1. The van der Waals surface area contributed by atoms with E-state index >= 15 is 0 Å². The third kappa shape index (κ3) is 4.04. The Bertz CT molecular complexity index is 1110. The van der Waals surface area contributed by atoms with E-state index in [1.54, 1.807) is 18.2 Å². The van der Waals surface area contributed by atoms with Crippen LogP contribution in [0.1, 0.15) is 20.7 Å². The molecule has 0 aliphatic carbocycles. The van der Waals surface area contributed by atoms with Crippen LogP contribution in [-0.4, -0.2) is 45.3 Å². The van der Waals surface area contributed by atoms with Gasteiger partial charge in [0.15, 0.2) is 0 Å². The van der Waals surface area contributed by atoms with Crippen LogP contribution in [0.15, 0.2) is 59.1 Å². The number of carbonyl (C=O) groups is 2. The molecule has 0 aromatic heterocycles. The average molecular weight is 469 g/mol. The summed E-state index contributed by atoms with van der Waals surface area (Å²) in [6.07, 6.45) is 0. The van der Waals surface area contributed by atoms with Crippen molar-refractivity contribution in [2.45, 2.75) is 0 Å². The van der Waals surface area contributed by atoms with E-state index in [1.807, 2.05) is 36.4 Å². The number of ether oxygens (including phenoxy) is 2. The highest BCUT2D eigenvalue weighted by atomic mass is 79.9. The zero-order valence-corrected chi connectivity index (χ0v) is 18.1. The molecule has 1 fully saturated rings. The molecule has 1 aliphatic rings. The first-order chi connectivity index (χ1) is 14.6. The van der Waals surface area contributed by atoms with Crippen molar-refractivity contribution in [3.63, 3.8) is 0 Å². The smallest absolute Gasteiger partial charge is 0.340 e. The molecule has 1 aliphatic heterocycles. The number of hydrogen-bond acceptors (Lipinski definition) is 5. The third-order valence-corrected chi connectivity index (χ3v) is 5.82. The molecule has 30 heavy (non-hydrogen) atoms. The summed E-state index contributed by atoms with van der Waals surface area (Å²) in [5, 5.41) is 4.72. The van der Waals surface area contributed by atoms with Gasteiger partial charge in [0.25, 0.3) is 5.91 Å². The van der Waals surface area contributed by atoms with Crippen molar-refractivity contribution in [3.8, 4) is 0 Å². The SMILES string of the molecule is COC(=O)c1cc(NC(=O)c2cccc3c(Br)cccc23)ccc1N1CCOCC1. The number of rotatable bonds is 4. The molecule has 0 radical (unpaired) electrons. The van der Waals surface area contributed by atoms with Crippen LogP contribution in [0.3, 0.4) is 0 Å². The molecule has 1 N–H and O–H groups in total. The Hall–Kier alpha value is -2.90. The Kier molecular flexibility index (Phi) is 6.01. The van der Waals surface area contributed by atoms with E-state index in [2.05, 4.69) is 26.1 Å². The van der Waals surface area contributed by atoms with Gasteiger partial charge in [-0.2, -0.15) is 0 Å². The molecule has 0 spiro atoms. The fraction of sp³-hybridized carbons (Fsp3) is 0.217. The van der Waals surface area contributed by atoms with E-state index in [1.165, 1.54) is 7.11 Å². The first kappa shape index (κ1) is 20.4. The Morgan fingerprint density at radius 1 is 1.00 bits per heavy atom. The Morgan fingerprint density at radius 2 is 1.73 bits per heavy atom. The van der Waals surface area contributed by atoms with Crippen LogP contribution < -0.4 is 10.2 Å². The molecule has 7 heteroatoms. The minimum atomic E-state index is -0.443. The second kappa shape index (κ2) is 8.85. The van der Waals surface area contributed by atoms with Gasteiger partial charge in [-0.3, -0.25) is 4.79 Å². The molecule has 6 nitrogen and oxygen atoms in total. The summed E-state index contributed by atoms with van der Waals surface area (Å²) in [4.78, 5) is 27.5. The van der Waals surface area contributed by atoms with Crippen LogP contribution in [0.4, 0.5) is 11.4 Å². The van der Waals surface area contributed by atoms with Crippen LogP contribution in [-0.2, 0) is 9.47 Å². The van der Waals surface area contributed by atoms with Crippen molar-refractivity contribution >= 4 is 50.0 Å². The van der Waals surface area contributed by atoms with E-state index < -0.39 is 5.97 Å². The average Bonchev–Trinajstić information content (AvgIpc) is 2.79. The number of esters is 1. The van der Waals surface area contributed by atoms with Crippen LogP contribution >= 0.6 is 15.9 Å². The molecular formula is C23H21BrN2O4. The number of carbonyl (C=O) groups excluding carboxylic acids is 2. The summed E-state index contributed by atoms with van der Waals surface area (Å²) in [6, 6.07) is 16.7. The predicted octanol–water partition coefficient (Wildman–Crippen LogP) is 4.48. The lowest BCUT2D eigenvalue weighted by Crippen LogP contribution is -2.37. The number of benzene rings is 3. The topological polar surface area (TPSA) is 67.9 Å². The lowest BCUT2D eigenvalue weighted by molar-refractivity contribution is 0.0600. The second-order valence-corrected chi connectivity index (χ2v) is 7.77. The molecular weight excluding hydrogens is 448 g/mol. The summed E-state index contributed by atoms with van der Waals surface area (Å²) in [5.41, 5.74) is 2.28. The molecule has 0 bridgehead atoms. The van der Waals surface area contributed by atoms with Crippen molar-refractivity contribution in [3.05, 3.63) is 70.2 Å². The highest BCUT2D eigenvalue weighted by molar-refractivity contribution is 9.10. The Morgan fingerprint density at radius 3 is 2.50 bits per heavy atom. The summed E-state index contributed by atoms with van der Waals surface area (Å²) >= 11 is 3.53. The maximum Gasteiger partial charge on any atom is 0.340 e. The largest absolute Gasteiger partial charge is 0.465 e. The molecule has 0 unspecified atom stereocenters. The van der Waals surface area contributed by atoms with Gasteiger partial charge in [-0.15, -0.1) is 0 Å². The van der Waals surface area contributed by atoms with Gasteiger partial charge in [-0.1, -0.05) is 40.2 Å². The van der Waals surface area contributed by atoms with E-state index in [0.717, 1.165) is 20.9 Å². The summed E-state index contributed by atoms with van der Waals surface area (Å²) < 4.78 is 11.3. The normalized spacial score (nSPS) is 13.9. The fourth-order valence-corrected chi connectivity index (χ4v) is 4.13. The Labute approximate surface area is 182 Å². The van der Waals surface area contributed by atoms with E-state index in [0.29, 0.717) is 43.1 Å². The van der Waals surface area contributed by atoms with E-state index in [9.17, 15) is 9.59 Å². The van der Waals surface area contributed by atoms with Gasteiger partial charge in [0.2, 0.25) is 0 Å². The highest BCUT2D eigenvalue weighted by Gasteiger charge is 2.21. The number of morpholine rings is 1. The number of anilines is 2. The molecule has 1 heterocycles.